The third-order valence-electron chi connectivity index (χ3n) is 4.65. The topological polar surface area (TPSA) is 71.8 Å². The van der Waals surface area contributed by atoms with Crippen LogP contribution in [0.3, 0.4) is 0 Å². The van der Waals surface area contributed by atoms with Crippen LogP contribution >= 0.6 is 0 Å². The van der Waals surface area contributed by atoms with Gasteiger partial charge >= 0.3 is 0 Å². The molecule has 0 saturated carbocycles. The molecule has 25 heavy (non-hydrogen) atoms. The van der Waals surface area contributed by atoms with Crippen molar-refractivity contribution in [3.8, 4) is 0 Å². The number of carbonyl (C=O) groups excluding carboxylic acids is 1. The Morgan fingerprint density at radius 3 is 2.72 bits per heavy atom. The van der Waals surface area contributed by atoms with E-state index in [1.807, 2.05) is 19.9 Å². The van der Waals surface area contributed by atoms with E-state index < -0.39 is 0 Å². The minimum absolute atomic E-state index is 0.131. The summed E-state index contributed by atoms with van der Waals surface area (Å²) in [5.74, 6) is -0.131. The van der Waals surface area contributed by atoms with Gasteiger partial charge in [0.2, 0.25) is 0 Å². The number of hydrogen-bond donors (Lipinski definition) is 1. The zero-order valence-corrected chi connectivity index (χ0v) is 15.6. The third kappa shape index (κ3) is 3.82. The molecule has 3 rings (SSSR count). The van der Waals surface area contributed by atoms with Crippen molar-refractivity contribution in [2.24, 2.45) is 0 Å². The molecule has 7 nitrogen and oxygen atoms in total. The van der Waals surface area contributed by atoms with Gasteiger partial charge in [0, 0.05) is 37.1 Å². The quantitative estimate of drug-likeness (QED) is 0.911. The van der Waals surface area contributed by atoms with Gasteiger partial charge in [-0.1, -0.05) is 0 Å². The summed E-state index contributed by atoms with van der Waals surface area (Å²) in [6.07, 6.45) is 2.03. The van der Waals surface area contributed by atoms with Crippen molar-refractivity contribution >= 4 is 11.6 Å². The summed E-state index contributed by atoms with van der Waals surface area (Å²) >= 11 is 0. The van der Waals surface area contributed by atoms with Crippen molar-refractivity contribution < 1.29 is 9.53 Å². The fourth-order valence-electron chi connectivity index (χ4n) is 3.47. The number of morpholine rings is 1. The molecule has 136 valence electrons. The summed E-state index contributed by atoms with van der Waals surface area (Å²) in [7, 11) is 0. The lowest BCUT2D eigenvalue weighted by atomic mass is 10.1. The molecular formula is C18H27N5O2. The number of nitrogens with zero attached hydrogens (tertiary/aromatic N) is 4. The van der Waals surface area contributed by atoms with Gasteiger partial charge in [0.1, 0.15) is 5.56 Å². The Labute approximate surface area is 148 Å². The summed E-state index contributed by atoms with van der Waals surface area (Å²) in [4.78, 5) is 19.4. The molecule has 1 saturated heterocycles. The number of hydrogen-bond acceptors (Lipinski definition) is 5. The normalized spacial score (nSPS) is 22.9. The number of amides is 1. The van der Waals surface area contributed by atoms with Gasteiger partial charge in [0.15, 0.2) is 5.65 Å². The number of aryl methyl sites for hydroxylation is 2. The number of carbonyl (C=O) groups is 1. The van der Waals surface area contributed by atoms with Crippen LogP contribution in [0.4, 0.5) is 0 Å². The van der Waals surface area contributed by atoms with Crippen molar-refractivity contribution in [1.29, 1.82) is 0 Å². The third-order valence-corrected chi connectivity index (χ3v) is 4.65. The van der Waals surface area contributed by atoms with E-state index in [0.717, 1.165) is 24.5 Å². The Kier molecular flexibility index (Phi) is 5.06. The number of rotatable bonds is 4. The molecule has 2 aromatic heterocycles. The van der Waals surface area contributed by atoms with Crippen molar-refractivity contribution in [2.45, 2.75) is 52.9 Å². The second kappa shape index (κ2) is 7.09. The van der Waals surface area contributed by atoms with Crippen LogP contribution in [0.1, 0.15) is 42.5 Å². The molecule has 0 unspecified atom stereocenters. The summed E-state index contributed by atoms with van der Waals surface area (Å²) in [5, 5.41) is 7.31. The first-order valence-electron chi connectivity index (χ1n) is 8.85. The fraction of sp³-hybridized carbons (Fsp3) is 0.611. The van der Waals surface area contributed by atoms with Crippen LogP contribution in [-0.2, 0) is 4.74 Å². The van der Waals surface area contributed by atoms with Crippen LogP contribution in [0.2, 0.25) is 0 Å². The van der Waals surface area contributed by atoms with Gasteiger partial charge in [0.05, 0.1) is 18.4 Å². The van der Waals surface area contributed by atoms with Crippen molar-refractivity contribution in [3.63, 3.8) is 0 Å². The van der Waals surface area contributed by atoms with E-state index in [0.29, 0.717) is 17.8 Å². The molecule has 7 heteroatoms. The van der Waals surface area contributed by atoms with Crippen LogP contribution in [-0.4, -0.2) is 63.3 Å². The summed E-state index contributed by atoms with van der Waals surface area (Å²) in [6, 6.07) is 2.20. The van der Waals surface area contributed by atoms with Gasteiger partial charge < -0.3 is 10.1 Å². The number of ether oxygens (including phenoxy) is 1. The lowest BCUT2D eigenvalue weighted by Crippen LogP contribution is -2.52. The predicted octanol–water partition coefficient (Wildman–Crippen LogP) is 1.57. The standard InChI is InChI=1S/C18H27N5O2/c1-11-6-12(2)23-17(21-11)16(8-20-23)18(24)19-7-13(3)22-9-14(4)25-15(5)10-22/h6,8,13-15H,7,9-10H2,1-5H3,(H,19,24)/t13-,14+,15+/m0/s1. The summed E-state index contributed by atoms with van der Waals surface area (Å²) in [6.45, 7) is 12.5. The van der Waals surface area contributed by atoms with E-state index in [-0.39, 0.29) is 24.2 Å². The highest BCUT2D eigenvalue weighted by Gasteiger charge is 2.26. The minimum Gasteiger partial charge on any atom is -0.373 e. The van der Waals surface area contributed by atoms with Gasteiger partial charge in [0.25, 0.3) is 5.91 Å². The Balaban J connectivity index is 1.67. The molecule has 1 aliphatic rings. The van der Waals surface area contributed by atoms with Crippen LogP contribution in [0.5, 0.6) is 0 Å². The second-order valence-corrected chi connectivity index (χ2v) is 7.10. The van der Waals surface area contributed by atoms with Crippen molar-refractivity contribution in [1.82, 2.24) is 24.8 Å². The summed E-state index contributed by atoms with van der Waals surface area (Å²) < 4.78 is 7.48. The van der Waals surface area contributed by atoms with Crippen molar-refractivity contribution in [2.75, 3.05) is 19.6 Å². The lowest BCUT2D eigenvalue weighted by molar-refractivity contribution is -0.0778. The first-order valence-corrected chi connectivity index (χ1v) is 8.85. The molecule has 1 amide bonds. The number of aromatic nitrogens is 3. The van der Waals surface area contributed by atoms with Crippen LogP contribution in [0, 0.1) is 13.8 Å². The van der Waals surface area contributed by atoms with Gasteiger partial charge in [-0.05, 0) is 40.7 Å². The smallest absolute Gasteiger partial charge is 0.256 e. The molecule has 0 aromatic carbocycles. The van der Waals surface area contributed by atoms with Crippen molar-refractivity contribution in [3.05, 3.63) is 29.2 Å². The molecule has 0 spiro atoms. The Bertz CT molecular complexity index is 762. The fourth-order valence-corrected chi connectivity index (χ4v) is 3.47. The lowest BCUT2D eigenvalue weighted by Gasteiger charge is -2.38. The number of nitrogens with one attached hydrogen (secondary N) is 1. The molecule has 0 aliphatic carbocycles. The zero-order chi connectivity index (χ0) is 18.1. The molecule has 1 fully saturated rings. The molecule has 2 aromatic rings. The maximum atomic E-state index is 12.6. The van der Waals surface area contributed by atoms with Gasteiger partial charge in [-0.15, -0.1) is 0 Å². The van der Waals surface area contributed by atoms with E-state index >= 15 is 0 Å². The van der Waals surface area contributed by atoms with Crippen LogP contribution in [0.15, 0.2) is 12.3 Å². The van der Waals surface area contributed by atoms with Crippen LogP contribution in [0.25, 0.3) is 5.65 Å². The van der Waals surface area contributed by atoms with E-state index in [4.69, 9.17) is 4.74 Å². The van der Waals surface area contributed by atoms with Gasteiger partial charge in [-0.2, -0.15) is 5.10 Å². The Hall–Kier alpha value is -1.99. The first kappa shape index (κ1) is 17.8. The SMILES string of the molecule is Cc1cc(C)n2ncc(C(=O)NC[C@H](C)N3C[C@@H](C)O[C@H](C)C3)c2n1. The molecule has 1 aliphatic heterocycles. The van der Waals surface area contributed by atoms with E-state index in [2.05, 4.69) is 41.1 Å². The molecule has 1 N–H and O–H groups in total. The van der Waals surface area contributed by atoms with Gasteiger partial charge in [-0.3, -0.25) is 9.69 Å². The minimum atomic E-state index is -0.131. The highest BCUT2D eigenvalue weighted by atomic mass is 16.5. The molecular weight excluding hydrogens is 318 g/mol. The Morgan fingerprint density at radius 2 is 2.04 bits per heavy atom. The average Bonchev–Trinajstić information content (AvgIpc) is 2.95. The highest BCUT2D eigenvalue weighted by molar-refractivity contribution is 5.99. The van der Waals surface area contributed by atoms with E-state index in [9.17, 15) is 4.79 Å². The predicted molar refractivity (Wildman–Crippen MR) is 95.8 cm³/mol. The first-order chi connectivity index (χ1) is 11.8. The maximum Gasteiger partial charge on any atom is 0.256 e. The van der Waals surface area contributed by atoms with Crippen LogP contribution < -0.4 is 5.32 Å². The molecule has 3 atom stereocenters. The monoisotopic (exact) mass is 345 g/mol. The maximum absolute atomic E-state index is 12.6. The Morgan fingerprint density at radius 1 is 1.36 bits per heavy atom. The van der Waals surface area contributed by atoms with E-state index in [1.54, 1.807) is 10.7 Å². The largest absolute Gasteiger partial charge is 0.373 e. The molecule has 0 bridgehead atoms. The highest BCUT2D eigenvalue weighted by Crippen LogP contribution is 2.14. The average molecular weight is 345 g/mol. The number of fused-ring (bicyclic) bond motifs is 1. The summed E-state index contributed by atoms with van der Waals surface area (Å²) in [5.41, 5.74) is 2.97. The second-order valence-electron chi connectivity index (χ2n) is 7.10. The zero-order valence-electron chi connectivity index (χ0n) is 15.6. The molecule has 3 heterocycles. The van der Waals surface area contributed by atoms with E-state index in [1.165, 1.54) is 0 Å². The van der Waals surface area contributed by atoms with Gasteiger partial charge in [-0.25, -0.2) is 9.50 Å². The molecule has 0 radical (unpaired) electrons.